The van der Waals surface area contributed by atoms with E-state index in [1.165, 1.54) is 11.0 Å². The molecule has 2 aromatic rings. The van der Waals surface area contributed by atoms with Crippen LogP contribution in [-0.2, 0) is 26.2 Å². The number of carbonyl (C=O) groups excluding carboxylic acids is 2. The van der Waals surface area contributed by atoms with Crippen molar-refractivity contribution < 1.29 is 27.5 Å². The molecule has 0 aliphatic carbocycles. The van der Waals surface area contributed by atoms with E-state index in [-0.39, 0.29) is 31.0 Å². The maximum absolute atomic E-state index is 13.6. The highest BCUT2D eigenvalue weighted by Crippen LogP contribution is 2.36. The molecule has 0 saturated carbocycles. The number of ether oxygens (including phenoxy) is 2. The molecule has 3 rings (SSSR count). The first-order chi connectivity index (χ1) is 16.5. The van der Waals surface area contributed by atoms with Crippen LogP contribution < -0.4 is 19.1 Å². The molecule has 0 aromatic heterocycles. The maximum atomic E-state index is 13.6. The topological polar surface area (TPSA) is 105 Å². The quantitative estimate of drug-likeness (QED) is 0.535. The Morgan fingerprint density at radius 1 is 1.06 bits per heavy atom. The zero-order valence-corrected chi connectivity index (χ0v) is 21.6. The van der Waals surface area contributed by atoms with Crippen LogP contribution in [-0.4, -0.2) is 56.8 Å². The second-order valence-electron chi connectivity index (χ2n) is 8.81. The van der Waals surface area contributed by atoms with Crippen LogP contribution >= 0.6 is 0 Å². The van der Waals surface area contributed by atoms with Crippen molar-refractivity contribution in [3.63, 3.8) is 0 Å². The van der Waals surface area contributed by atoms with E-state index in [4.69, 9.17) is 9.47 Å². The third kappa shape index (κ3) is 6.66. The van der Waals surface area contributed by atoms with Crippen LogP contribution in [0.2, 0.25) is 0 Å². The van der Waals surface area contributed by atoms with Gasteiger partial charge in [-0.3, -0.25) is 13.9 Å². The van der Waals surface area contributed by atoms with Gasteiger partial charge < -0.3 is 19.7 Å². The standard InChI is InChI=1S/C25H33N3O6S/c1-6-18(3)26-25(30)19(4)27(14-20-9-7-17(2)8-10-20)24(29)15-28(35(5,31)32)21-11-12-22-23(13-21)34-16-33-22/h7-13,18-19H,6,14-16H2,1-5H3,(H,26,30)/t18-,19+/m1/s1. The fourth-order valence-electron chi connectivity index (χ4n) is 3.59. The van der Waals surface area contributed by atoms with Gasteiger partial charge >= 0.3 is 0 Å². The monoisotopic (exact) mass is 503 g/mol. The molecule has 1 aliphatic rings. The van der Waals surface area contributed by atoms with Crippen molar-refractivity contribution in [1.82, 2.24) is 10.2 Å². The number of benzene rings is 2. The highest BCUT2D eigenvalue weighted by Gasteiger charge is 2.31. The predicted octanol–water partition coefficient (Wildman–Crippen LogP) is 2.82. The number of hydrogen-bond acceptors (Lipinski definition) is 6. The lowest BCUT2D eigenvalue weighted by Crippen LogP contribution is -2.52. The molecule has 1 aliphatic heterocycles. The molecular weight excluding hydrogens is 470 g/mol. The fourth-order valence-corrected chi connectivity index (χ4v) is 4.43. The third-order valence-corrected chi connectivity index (χ3v) is 7.11. The second kappa shape index (κ2) is 11.0. The lowest BCUT2D eigenvalue weighted by atomic mass is 10.1. The smallest absolute Gasteiger partial charge is 0.244 e. The van der Waals surface area contributed by atoms with E-state index in [0.29, 0.717) is 11.5 Å². The van der Waals surface area contributed by atoms with Gasteiger partial charge in [0.25, 0.3) is 0 Å². The van der Waals surface area contributed by atoms with Crippen LogP contribution in [0.25, 0.3) is 0 Å². The molecule has 0 unspecified atom stereocenters. The molecule has 0 saturated heterocycles. The number of anilines is 1. The molecule has 10 heteroatoms. The number of sulfonamides is 1. The van der Waals surface area contributed by atoms with Crippen molar-refractivity contribution in [2.75, 3.05) is 23.9 Å². The van der Waals surface area contributed by atoms with Crippen LogP contribution in [0.3, 0.4) is 0 Å². The van der Waals surface area contributed by atoms with Crippen molar-refractivity contribution in [3.05, 3.63) is 53.6 Å². The second-order valence-corrected chi connectivity index (χ2v) is 10.7. The van der Waals surface area contributed by atoms with Gasteiger partial charge in [0.2, 0.25) is 28.6 Å². The van der Waals surface area contributed by atoms with Crippen molar-refractivity contribution in [1.29, 1.82) is 0 Å². The van der Waals surface area contributed by atoms with E-state index in [2.05, 4.69) is 5.32 Å². The zero-order chi connectivity index (χ0) is 25.8. The summed E-state index contributed by atoms with van der Waals surface area (Å²) in [7, 11) is -3.82. The van der Waals surface area contributed by atoms with E-state index in [1.54, 1.807) is 19.1 Å². The molecule has 35 heavy (non-hydrogen) atoms. The number of nitrogens with zero attached hydrogens (tertiary/aromatic N) is 2. The number of aryl methyl sites for hydroxylation is 1. The van der Waals surface area contributed by atoms with Crippen LogP contribution in [0.5, 0.6) is 11.5 Å². The maximum Gasteiger partial charge on any atom is 0.244 e. The summed E-state index contributed by atoms with van der Waals surface area (Å²) in [6.07, 6.45) is 1.78. The largest absolute Gasteiger partial charge is 0.454 e. The van der Waals surface area contributed by atoms with E-state index in [1.807, 2.05) is 45.0 Å². The fraction of sp³-hybridized carbons (Fsp3) is 0.440. The Labute approximate surface area is 207 Å². The Hall–Kier alpha value is -3.27. The normalized spacial score (nSPS) is 14.2. The Kier molecular flexibility index (Phi) is 8.26. The van der Waals surface area contributed by atoms with Gasteiger partial charge in [0, 0.05) is 18.7 Å². The number of fused-ring (bicyclic) bond motifs is 1. The van der Waals surface area contributed by atoms with Gasteiger partial charge in [-0.05, 0) is 44.9 Å². The van der Waals surface area contributed by atoms with Gasteiger partial charge in [0.15, 0.2) is 11.5 Å². The summed E-state index contributed by atoms with van der Waals surface area (Å²) in [5.74, 6) is 0.112. The van der Waals surface area contributed by atoms with Gasteiger partial charge in [-0.2, -0.15) is 0 Å². The van der Waals surface area contributed by atoms with Crippen LogP contribution in [0.4, 0.5) is 5.69 Å². The number of amides is 2. The number of carbonyl (C=O) groups is 2. The summed E-state index contributed by atoms with van der Waals surface area (Å²) in [4.78, 5) is 27.9. The summed E-state index contributed by atoms with van der Waals surface area (Å²) in [6, 6.07) is 11.5. The van der Waals surface area contributed by atoms with Gasteiger partial charge in [-0.1, -0.05) is 36.8 Å². The number of rotatable bonds is 10. The first-order valence-electron chi connectivity index (χ1n) is 11.5. The summed E-state index contributed by atoms with van der Waals surface area (Å²) < 4.78 is 37.0. The van der Waals surface area contributed by atoms with E-state index in [0.717, 1.165) is 28.1 Å². The van der Waals surface area contributed by atoms with Gasteiger partial charge in [-0.25, -0.2) is 8.42 Å². The van der Waals surface area contributed by atoms with E-state index >= 15 is 0 Å². The molecule has 190 valence electrons. The van der Waals surface area contributed by atoms with Gasteiger partial charge in [0.05, 0.1) is 11.9 Å². The van der Waals surface area contributed by atoms with Gasteiger partial charge in [0.1, 0.15) is 12.6 Å². The zero-order valence-electron chi connectivity index (χ0n) is 20.8. The van der Waals surface area contributed by atoms with Gasteiger partial charge in [-0.15, -0.1) is 0 Å². The molecular formula is C25H33N3O6S. The van der Waals surface area contributed by atoms with Crippen LogP contribution in [0, 0.1) is 6.92 Å². The Balaban J connectivity index is 1.90. The highest BCUT2D eigenvalue weighted by atomic mass is 32.2. The molecule has 0 fully saturated rings. The summed E-state index contributed by atoms with van der Waals surface area (Å²) in [5.41, 5.74) is 2.18. The Morgan fingerprint density at radius 3 is 2.34 bits per heavy atom. The minimum absolute atomic E-state index is 0.0454. The summed E-state index contributed by atoms with van der Waals surface area (Å²) in [6.45, 7) is 7.20. The molecule has 2 atom stereocenters. The van der Waals surface area contributed by atoms with E-state index in [9.17, 15) is 18.0 Å². The molecule has 0 radical (unpaired) electrons. The third-order valence-electron chi connectivity index (χ3n) is 5.97. The van der Waals surface area contributed by atoms with E-state index < -0.39 is 28.5 Å². The number of hydrogen-bond donors (Lipinski definition) is 1. The molecule has 1 N–H and O–H groups in total. The van der Waals surface area contributed by atoms with Crippen molar-refractivity contribution in [2.24, 2.45) is 0 Å². The minimum Gasteiger partial charge on any atom is -0.454 e. The van der Waals surface area contributed by atoms with Crippen LogP contribution in [0.1, 0.15) is 38.3 Å². The molecule has 0 spiro atoms. The first-order valence-corrected chi connectivity index (χ1v) is 13.4. The minimum atomic E-state index is -3.82. The molecule has 0 bridgehead atoms. The lowest BCUT2D eigenvalue weighted by molar-refractivity contribution is -0.139. The lowest BCUT2D eigenvalue weighted by Gasteiger charge is -2.32. The summed E-state index contributed by atoms with van der Waals surface area (Å²) in [5, 5.41) is 2.91. The average molecular weight is 504 g/mol. The Morgan fingerprint density at radius 2 is 1.71 bits per heavy atom. The molecule has 9 nitrogen and oxygen atoms in total. The van der Waals surface area contributed by atoms with Crippen molar-refractivity contribution in [2.45, 2.75) is 52.7 Å². The van der Waals surface area contributed by atoms with Crippen molar-refractivity contribution in [3.8, 4) is 11.5 Å². The molecule has 1 heterocycles. The summed E-state index contributed by atoms with van der Waals surface area (Å²) >= 11 is 0. The molecule has 2 amide bonds. The first kappa shape index (κ1) is 26.3. The number of nitrogens with one attached hydrogen (secondary N) is 1. The predicted molar refractivity (Wildman–Crippen MR) is 134 cm³/mol. The van der Waals surface area contributed by atoms with Crippen LogP contribution in [0.15, 0.2) is 42.5 Å². The highest BCUT2D eigenvalue weighted by molar-refractivity contribution is 7.92. The average Bonchev–Trinajstić information content (AvgIpc) is 3.28. The Bertz CT molecular complexity index is 1170. The molecule has 2 aromatic carbocycles. The SMILES string of the molecule is CC[C@@H](C)NC(=O)[C@H](C)N(Cc1ccc(C)cc1)C(=O)CN(c1ccc2c(c1)OCO2)S(C)(=O)=O. The van der Waals surface area contributed by atoms with Crippen molar-refractivity contribution >= 4 is 27.5 Å².